The molecule has 0 aliphatic heterocycles. The lowest BCUT2D eigenvalue weighted by Gasteiger charge is -2.06. The van der Waals surface area contributed by atoms with Crippen LogP contribution in [0.3, 0.4) is 0 Å². The van der Waals surface area contributed by atoms with Gasteiger partial charge in [-0.3, -0.25) is 0 Å². The zero-order chi connectivity index (χ0) is 12.3. The molecule has 3 nitrogen and oxygen atoms in total. The van der Waals surface area contributed by atoms with E-state index in [4.69, 9.17) is 4.74 Å². The fourth-order valence-electron chi connectivity index (χ4n) is 1.76. The number of hydrogen-bond acceptors (Lipinski definition) is 4. The molecule has 0 unspecified atom stereocenters. The number of aryl methyl sites for hydroxylation is 1. The SMILES string of the molecule is CNc1ncc(Cc2ccc(OC)c(C)c2)s1. The van der Waals surface area contributed by atoms with Gasteiger partial charge >= 0.3 is 0 Å². The Labute approximate surface area is 105 Å². The molecule has 4 heteroatoms. The first-order valence-corrected chi connectivity index (χ1v) is 6.30. The average Bonchev–Trinajstić information content (AvgIpc) is 2.77. The Hall–Kier alpha value is -1.55. The maximum Gasteiger partial charge on any atom is 0.182 e. The van der Waals surface area contributed by atoms with Gasteiger partial charge in [0, 0.05) is 24.5 Å². The summed E-state index contributed by atoms with van der Waals surface area (Å²) in [4.78, 5) is 5.53. The molecule has 1 N–H and O–H groups in total. The molecule has 1 heterocycles. The fourth-order valence-corrected chi connectivity index (χ4v) is 2.56. The van der Waals surface area contributed by atoms with Crippen LogP contribution in [0.4, 0.5) is 5.13 Å². The lowest BCUT2D eigenvalue weighted by Crippen LogP contribution is -1.90. The summed E-state index contributed by atoms with van der Waals surface area (Å²) in [5.74, 6) is 0.939. The van der Waals surface area contributed by atoms with Crippen molar-refractivity contribution < 1.29 is 4.74 Å². The van der Waals surface area contributed by atoms with E-state index in [0.717, 1.165) is 17.3 Å². The van der Waals surface area contributed by atoms with E-state index in [0.29, 0.717) is 0 Å². The zero-order valence-corrected chi connectivity index (χ0v) is 11.1. The van der Waals surface area contributed by atoms with Gasteiger partial charge in [-0.05, 0) is 24.1 Å². The summed E-state index contributed by atoms with van der Waals surface area (Å²) >= 11 is 1.69. The molecule has 2 aromatic rings. The van der Waals surface area contributed by atoms with Crippen molar-refractivity contribution in [1.29, 1.82) is 0 Å². The highest BCUT2D eigenvalue weighted by Gasteiger charge is 2.04. The number of ether oxygens (including phenoxy) is 1. The largest absolute Gasteiger partial charge is 0.496 e. The quantitative estimate of drug-likeness (QED) is 0.902. The Morgan fingerprint density at radius 3 is 2.82 bits per heavy atom. The van der Waals surface area contributed by atoms with Gasteiger partial charge in [0.05, 0.1) is 7.11 Å². The van der Waals surface area contributed by atoms with Gasteiger partial charge in [0.25, 0.3) is 0 Å². The third-order valence-corrected chi connectivity index (χ3v) is 3.62. The van der Waals surface area contributed by atoms with Crippen LogP contribution in [0.1, 0.15) is 16.0 Å². The van der Waals surface area contributed by atoms with Crippen LogP contribution in [0.2, 0.25) is 0 Å². The van der Waals surface area contributed by atoms with Crippen molar-refractivity contribution in [3.8, 4) is 5.75 Å². The minimum atomic E-state index is 0.921. The van der Waals surface area contributed by atoms with Crippen molar-refractivity contribution in [1.82, 2.24) is 4.98 Å². The molecule has 90 valence electrons. The predicted octanol–water partition coefficient (Wildman–Crippen LogP) is 3.09. The second-order valence-electron chi connectivity index (χ2n) is 3.86. The Morgan fingerprint density at radius 2 is 2.24 bits per heavy atom. The summed E-state index contributed by atoms with van der Waals surface area (Å²) in [6.45, 7) is 2.06. The number of methoxy groups -OCH3 is 1. The van der Waals surface area contributed by atoms with Crippen LogP contribution in [0.25, 0.3) is 0 Å². The first kappa shape index (κ1) is 11.9. The molecule has 17 heavy (non-hydrogen) atoms. The van der Waals surface area contributed by atoms with Gasteiger partial charge < -0.3 is 10.1 Å². The number of nitrogens with zero attached hydrogens (tertiary/aromatic N) is 1. The van der Waals surface area contributed by atoms with Gasteiger partial charge in [0.1, 0.15) is 5.75 Å². The van der Waals surface area contributed by atoms with E-state index in [1.165, 1.54) is 16.0 Å². The fraction of sp³-hybridized carbons (Fsp3) is 0.308. The number of benzene rings is 1. The van der Waals surface area contributed by atoms with Gasteiger partial charge in [-0.1, -0.05) is 12.1 Å². The van der Waals surface area contributed by atoms with Gasteiger partial charge in [-0.2, -0.15) is 0 Å². The third-order valence-electron chi connectivity index (χ3n) is 2.61. The van der Waals surface area contributed by atoms with Crippen LogP contribution in [0, 0.1) is 6.92 Å². The predicted molar refractivity (Wildman–Crippen MR) is 72.2 cm³/mol. The molecule has 0 amide bonds. The highest BCUT2D eigenvalue weighted by Crippen LogP contribution is 2.23. The van der Waals surface area contributed by atoms with Gasteiger partial charge in [0.2, 0.25) is 0 Å². The normalized spacial score (nSPS) is 10.3. The van der Waals surface area contributed by atoms with Crippen LogP contribution in [-0.4, -0.2) is 19.1 Å². The van der Waals surface area contributed by atoms with E-state index in [2.05, 4.69) is 29.4 Å². The maximum absolute atomic E-state index is 5.25. The van der Waals surface area contributed by atoms with E-state index in [-0.39, 0.29) is 0 Å². The molecule has 0 fully saturated rings. The molecule has 0 atom stereocenters. The number of hydrogen-bond donors (Lipinski definition) is 1. The molecular weight excluding hydrogens is 232 g/mol. The van der Waals surface area contributed by atoms with Crippen molar-refractivity contribution in [3.05, 3.63) is 40.4 Å². The summed E-state index contributed by atoms with van der Waals surface area (Å²) in [5, 5.41) is 4.01. The third kappa shape index (κ3) is 2.77. The zero-order valence-electron chi connectivity index (χ0n) is 10.3. The summed E-state index contributed by atoms with van der Waals surface area (Å²) in [6, 6.07) is 6.28. The molecule has 2 rings (SSSR count). The molecule has 1 aromatic carbocycles. The lowest BCUT2D eigenvalue weighted by molar-refractivity contribution is 0.411. The minimum Gasteiger partial charge on any atom is -0.496 e. The van der Waals surface area contributed by atoms with Crippen molar-refractivity contribution in [2.75, 3.05) is 19.5 Å². The van der Waals surface area contributed by atoms with E-state index in [1.807, 2.05) is 19.3 Å². The Morgan fingerprint density at radius 1 is 1.41 bits per heavy atom. The number of rotatable bonds is 4. The standard InChI is InChI=1S/C13H16N2OS/c1-9-6-10(4-5-12(9)16-3)7-11-8-15-13(14-2)17-11/h4-6,8H,7H2,1-3H3,(H,14,15). The van der Waals surface area contributed by atoms with E-state index in [1.54, 1.807) is 18.4 Å². The summed E-state index contributed by atoms with van der Waals surface area (Å²) in [6.07, 6.45) is 2.85. The van der Waals surface area contributed by atoms with Crippen LogP contribution in [-0.2, 0) is 6.42 Å². The summed E-state index contributed by atoms with van der Waals surface area (Å²) in [5.41, 5.74) is 2.46. The molecular formula is C13H16N2OS. The highest BCUT2D eigenvalue weighted by atomic mass is 32.1. The van der Waals surface area contributed by atoms with E-state index >= 15 is 0 Å². The monoisotopic (exact) mass is 248 g/mol. The average molecular weight is 248 g/mol. The van der Waals surface area contributed by atoms with Gasteiger partial charge in [-0.15, -0.1) is 11.3 Å². The Balaban J connectivity index is 2.15. The molecule has 0 radical (unpaired) electrons. The number of anilines is 1. The van der Waals surface area contributed by atoms with Crippen LogP contribution >= 0.6 is 11.3 Å². The Bertz CT molecular complexity index is 508. The van der Waals surface area contributed by atoms with Crippen molar-refractivity contribution in [2.24, 2.45) is 0 Å². The molecule has 0 aliphatic rings. The van der Waals surface area contributed by atoms with Crippen LogP contribution in [0.5, 0.6) is 5.75 Å². The molecule has 0 aliphatic carbocycles. The van der Waals surface area contributed by atoms with Gasteiger partial charge in [0.15, 0.2) is 5.13 Å². The topological polar surface area (TPSA) is 34.2 Å². The van der Waals surface area contributed by atoms with Crippen LogP contribution < -0.4 is 10.1 Å². The molecule has 0 saturated carbocycles. The van der Waals surface area contributed by atoms with Crippen molar-refractivity contribution in [3.63, 3.8) is 0 Å². The smallest absolute Gasteiger partial charge is 0.182 e. The first-order valence-electron chi connectivity index (χ1n) is 5.49. The number of thiazole rings is 1. The Kier molecular flexibility index (Phi) is 3.64. The highest BCUT2D eigenvalue weighted by molar-refractivity contribution is 7.15. The van der Waals surface area contributed by atoms with Gasteiger partial charge in [-0.25, -0.2) is 4.98 Å². The second kappa shape index (κ2) is 5.19. The lowest BCUT2D eigenvalue weighted by atomic mass is 10.1. The number of aromatic nitrogens is 1. The van der Waals surface area contributed by atoms with E-state index < -0.39 is 0 Å². The summed E-state index contributed by atoms with van der Waals surface area (Å²) in [7, 11) is 3.59. The molecule has 0 saturated heterocycles. The van der Waals surface area contributed by atoms with E-state index in [9.17, 15) is 0 Å². The molecule has 1 aromatic heterocycles. The molecule has 0 bridgehead atoms. The van der Waals surface area contributed by atoms with Crippen molar-refractivity contribution >= 4 is 16.5 Å². The number of nitrogens with one attached hydrogen (secondary N) is 1. The second-order valence-corrected chi connectivity index (χ2v) is 4.98. The first-order chi connectivity index (χ1) is 8.22. The van der Waals surface area contributed by atoms with Crippen molar-refractivity contribution in [2.45, 2.75) is 13.3 Å². The minimum absolute atomic E-state index is 0.921. The maximum atomic E-state index is 5.25. The molecule has 0 spiro atoms. The van der Waals surface area contributed by atoms with Crippen LogP contribution in [0.15, 0.2) is 24.4 Å². The summed E-state index contributed by atoms with van der Waals surface area (Å²) < 4.78 is 5.25.